The highest BCUT2D eigenvalue weighted by Gasteiger charge is 2.53. The third kappa shape index (κ3) is 4.31. The smallest absolute Gasteiger partial charge is 0.253 e. The van der Waals surface area contributed by atoms with E-state index >= 15 is 0 Å². The molecule has 0 spiro atoms. The van der Waals surface area contributed by atoms with E-state index in [0.717, 1.165) is 50.0 Å². The molecule has 0 bridgehead atoms. The van der Waals surface area contributed by atoms with Gasteiger partial charge in [0, 0.05) is 77.1 Å². The van der Waals surface area contributed by atoms with Gasteiger partial charge in [-0.15, -0.1) is 0 Å². The van der Waals surface area contributed by atoms with Crippen LogP contribution < -0.4 is 0 Å². The Hall–Kier alpha value is -2.67. The predicted octanol–water partition coefficient (Wildman–Crippen LogP) is 2.43. The van der Waals surface area contributed by atoms with E-state index in [1.54, 1.807) is 4.90 Å². The van der Waals surface area contributed by atoms with E-state index in [1.807, 2.05) is 67.4 Å². The van der Waals surface area contributed by atoms with E-state index < -0.39 is 5.41 Å². The molecule has 2 amide bonds. The van der Waals surface area contributed by atoms with Gasteiger partial charge in [0.05, 0.1) is 11.6 Å². The van der Waals surface area contributed by atoms with Gasteiger partial charge in [-0.25, -0.2) is 0 Å². The number of likely N-dealkylation sites (tertiary alicyclic amines) is 2. The summed E-state index contributed by atoms with van der Waals surface area (Å²) in [4.78, 5) is 32.9. The molecule has 32 heavy (non-hydrogen) atoms. The van der Waals surface area contributed by atoms with Crippen molar-refractivity contribution in [2.45, 2.75) is 32.7 Å². The largest absolute Gasteiger partial charge is 0.348 e. The number of hydrogen-bond donors (Lipinski definition) is 0. The summed E-state index contributed by atoms with van der Waals surface area (Å²) >= 11 is 0. The van der Waals surface area contributed by atoms with Crippen LogP contribution in [0, 0.1) is 11.3 Å². The Morgan fingerprint density at radius 3 is 2.53 bits per heavy atom. The van der Waals surface area contributed by atoms with Gasteiger partial charge in [-0.05, 0) is 37.0 Å². The number of rotatable bonds is 5. The van der Waals surface area contributed by atoms with Gasteiger partial charge in [-0.1, -0.05) is 19.1 Å². The maximum atomic E-state index is 13.5. The van der Waals surface area contributed by atoms with Crippen molar-refractivity contribution in [3.05, 3.63) is 53.3 Å². The molecular weight excluding hydrogens is 402 g/mol. The van der Waals surface area contributed by atoms with E-state index in [2.05, 4.69) is 16.9 Å². The Kier molecular flexibility index (Phi) is 6.38. The normalized spacial score (nSPS) is 23.6. The molecular formula is C25H35N5O2. The zero-order valence-corrected chi connectivity index (χ0v) is 19.8. The van der Waals surface area contributed by atoms with Gasteiger partial charge in [-0.2, -0.15) is 5.10 Å². The van der Waals surface area contributed by atoms with Crippen molar-refractivity contribution in [1.29, 1.82) is 0 Å². The van der Waals surface area contributed by atoms with Crippen LogP contribution >= 0.6 is 0 Å². The standard InChI is InChI=1S/C25H35N5O2/c1-5-19-7-9-21(10-8-19)23(31)30-12-6-11-25(24(32)27(2)3)18-29(16-22(25)17-30)15-20-13-26-28(4)14-20/h7-10,13-14,22H,5-6,11-12,15-18H2,1-4H3/t22-,25+/m1/s1. The lowest BCUT2D eigenvalue weighted by atomic mass is 9.74. The number of fused-ring (bicyclic) bond motifs is 1. The van der Waals surface area contributed by atoms with Crippen molar-refractivity contribution in [2.75, 3.05) is 40.3 Å². The van der Waals surface area contributed by atoms with Crippen LogP contribution in [0.2, 0.25) is 0 Å². The van der Waals surface area contributed by atoms with Crippen LogP contribution in [-0.2, 0) is 24.8 Å². The number of aryl methyl sites for hydroxylation is 2. The molecule has 172 valence electrons. The van der Waals surface area contributed by atoms with E-state index in [-0.39, 0.29) is 17.7 Å². The first-order valence-corrected chi connectivity index (χ1v) is 11.6. The van der Waals surface area contributed by atoms with Crippen molar-refractivity contribution < 1.29 is 9.59 Å². The second-order valence-electron chi connectivity index (χ2n) is 9.65. The van der Waals surface area contributed by atoms with Crippen LogP contribution in [-0.4, -0.2) is 76.6 Å². The number of carbonyl (C=O) groups is 2. The minimum absolute atomic E-state index is 0.0754. The molecule has 0 saturated carbocycles. The summed E-state index contributed by atoms with van der Waals surface area (Å²) in [7, 11) is 5.62. The van der Waals surface area contributed by atoms with Gasteiger partial charge < -0.3 is 9.80 Å². The Morgan fingerprint density at radius 1 is 1.16 bits per heavy atom. The quantitative estimate of drug-likeness (QED) is 0.721. The van der Waals surface area contributed by atoms with Crippen molar-refractivity contribution >= 4 is 11.8 Å². The van der Waals surface area contributed by atoms with E-state index in [1.165, 1.54) is 5.56 Å². The minimum atomic E-state index is -0.438. The molecule has 2 fully saturated rings. The molecule has 2 aliphatic heterocycles. The molecule has 2 saturated heterocycles. The molecule has 4 rings (SSSR count). The average Bonchev–Trinajstić information content (AvgIpc) is 3.29. The molecule has 2 atom stereocenters. The topological polar surface area (TPSA) is 61.7 Å². The molecule has 2 aromatic rings. The maximum Gasteiger partial charge on any atom is 0.253 e. The number of amides is 2. The lowest BCUT2D eigenvalue weighted by Crippen LogP contribution is -2.47. The van der Waals surface area contributed by atoms with E-state index in [4.69, 9.17) is 0 Å². The van der Waals surface area contributed by atoms with Crippen LogP contribution in [0.5, 0.6) is 0 Å². The van der Waals surface area contributed by atoms with Crippen LogP contribution in [0.1, 0.15) is 41.3 Å². The second-order valence-corrected chi connectivity index (χ2v) is 9.65. The number of nitrogens with zero attached hydrogens (tertiary/aromatic N) is 5. The first kappa shape index (κ1) is 22.5. The summed E-state index contributed by atoms with van der Waals surface area (Å²) in [6, 6.07) is 7.95. The molecule has 1 aromatic carbocycles. The molecule has 0 radical (unpaired) electrons. The Morgan fingerprint density at radius 2 is 1.91 bits per heavy atom. The van der Waals surface area contributed by atoms with Crippen molar-refractivity contribution in [2.24, 2.45) is 18.4 Å². The number of hydrogen-bond acceptors (Lipinski definition) is 4. The summed E-state index contributed by atoms with van der Waals surface area (Å²) in [5.41, 5.74) is 2.68. The Bertz CT molecular complexity index is 967. The molecule has 3 heterocycles. The van der Waals surface area contributed by atoms with Crippen LogP contribution in [0.4, 0.5) is 0 Å². The highest BCUT2D eigenvalue weighted by Crippen LogP contribution is 2.44. The second kappa shape index (κ2) is 9.06. The Balaban J connectivity index is 1.56. The van der Waals surface area contributed by atoms with Crippen molar-refractivity contribution in [1.82, 2.24) is 24.5 Å². The predicted molar refractivity (Wildman–Crippen MR) is 124 cm³/mol. The number of benzene rings is 1. The maximum absolute atomic E-state index is 13.5. The van der Waals surface area contributed by atoms with E-state index in [9.17, 15) is 9.59 Å². The first-order valence-electron chi connectivity index (χ1n) is 11.6. The molecule has 0 unspecified atom stereocenters. The average molecular weight is 438 g/mol. The fourth-order valence-corrected chi connectivity index (χ4v) is 5.51. The highest BCUT2D eigenvalue weighted by atomic mass is 16.2. The van der Waals surface area contributed by atoms with E-state index in [0.29, 0.717) is 13.1 Å². The molecule has 0 aliphatic carbocycles. The van der Waals surface area contributed by atoms with Crippen LogP contribution in [0.3, 0.4) is 0 Å². The zero-order chi connectivity index (χ0) is 22.9. The van der Waals surface area contributed by atoms with Gasteiger partial charge in [0.1, 0.15) is 0 Å². The van der Waals surface area contributed by atoms with Gasteiger partial charge in [0.15, 0.2) is 0 Å². The number of carbonyl (C=O) groups excluding carboxylic acids is 2. The fourth-order valence-electron chi connectivity index (χ4n) is 5.51. The Labute approximate surface area is 191 Å². The summed E-state index contributed by atoms with van der Waals surface area (Å²) in [6.07, 6.45) is 6.55. The minimum Gasteiger partial charge on any atom is -0.348 e. The molecule has 7 nitrogen and oxygen atoms in total. The molecule has 2 aliphatic rings. The monoisotopic (exact) mass is 437 g/mol. The van der Waals surface area contributed by atoms with Crippen molar-refractivity contribution in [3.8, 4) is 0 Å². The summed E-state index contributed by atoms with van der Waals surface area (Å²) in [5.74, 6) is 0.389. The van der Waals surface area contributed by atoms with Gasteiger partial charge >= 0.3 is 0 Å². The van der Waals surface area contributed by atoms with Gasteiger partial charge in [0.2, 0.25) is 5.91 Å². The van der Waals surface area contributed by atoms with Crippen LogP contribution in [0.15, 0.2) is 36.7 Å². The SMILES string of the molecule is CCc1ccc(C(=O)N2CCC[C@]3(C(=O)N(C)C)CN(Cc4cnn(C)c4)C[C@@H]3C2)cc1. The third-order valence-corrected chi connectivity index (χ3v) is 7.15. The fraction of sp³-hybridized carbons (Fsp3) is 0.560. The number of aromatic nitrogens is 2. The third-order valence-electron chi connectivity index (χ3n) is 7.15. The van der Waals surface area contributed by atoms with Crippen molar-refractivity contribution in [3.63, 3.8) is 0 Å². The summed E-state index contributed by atoms with van der Waals surface area (Å²) in [5, 5.41) is 4.29. The zero-order valence-electron chi connectivity index (χ0n) is 19.8. The molecule has 0 N–H and O–H groups in total. The lowest BCUT2D eigenvalue weighted by molar-refractivity contribution is -0.141. The molecule has 1 aromatic heterocycles. The first-order chi connectivity index (χ1) is 15.3. The molecule has 7 heteroatoms. The summed E-state index contributed by atoms with van der Waals surface area (Å²) in [6.45, 7) is 5.76. The van der Waals surface area contributed by atoms with Gasteiger partial charge in [0.25, 0.3) is 5.91 Å². The highest BCUT2D eigenvalue weighted by molar-refractivity contribution is 5.94. The lowest BCUT2D eigenvalue weighted by Gasteiger charge is -2.35. The van der Waals surface area contributed by atoms with Gasteiger partial charge in [-0.3, -0.25) is 19.2 Å². The van der Waals surface area contributed by atoms with Crippen LogP contribution in [0.25, 0.3) is 0 Å². The summed E-state index contributed by atoms with van der Waals surface area (Å²) < 4.78 is 1.81.